The Morgan fingerprint density at radius 2 is 1.83 bits per heavy atom. The lowest BCUT2D eigenvalue weighted by atomic mass is 10.1. The number of nitrogens with one attached hydrogen (secondary N) is 1. The zero-order valence-electron chi connectivity index (χ0n) is 14.5. The average molecular weight is 326 g/mol. The molecular formula is C20H26N2O2. The van der Waals surface area contributed by atoms with Crippen LogP contribution in [0.1, 0.15) is 36.5 Å². The number of hydrogen-bond acceptors (Lipinski definition) is 3. The van der Waals surface area contributed by atoms with Gasteiger partial charge in [0.2, 0.25) is 5.91 Å². The minimum Gasteiger partial charge on any atom is -0.491 e. The molecule has 2 aromatic rings. The van der Waals surface area contributed by atoms with E-state index in [9.17, 15) is 4.79 Å². The molecule has 0 atom stereocenters. The van der Waals surface area contributed by atoms with Crippen LogP contribution in [0.2, 0.25) is 0 Å². The first-order valence-electron chi connectivity index (χ1n) is 8.42. The van der Waals surface area contributed by atoms with Gasteiger partial charge in [0.25, 0.3) is 0 Å². The van der Waals surface area contributed by atoms with E-state index in [1.165, 1.54) is 5.56 Å². The first-order chi connectivity index (χ1) is 11.6. The molecule has 0 saturated heterocycles. The average Bonchev–Trinajstić information content (AvgIpc) is 2.58. The Morgan fingerprint density at radius 1 is 1.12 bits per heavy atom. The number of carbonyl (C=O) groups excluding carboxylic acids is 1. The molecule has 0 radical (unpaired) electrons. The van der Waals surface area contributed by atoms with E-state index in [-0.39, 0.29) is 5.91 Å². The Kier molecular flexibility index (Phi) is 6.67. The van der Waals surface area contributed by atoms with Gasteiger partial charge in [-0.25, -0.2) is 0 Å². The Hall–Kier alpha value is -2.49. The van der Waals surface area contributed by atoms with Gasteiger partial charge < -0.3 is 15.8 Å². The smallest absolute Gasteiger partial charge is 0.220 e. The van der Waals surface area contributed by atoms with Crippen molar-refractivity contribution in [1.29, 1.82) is 0 Å². The molecule has 2 rings (SSSR count). The summed E-state index contributed by atoms with van der Waals surface area (Å²) in [5, 5.41) is 2.95. The van der Waals surface area contributed by atoms with E-state index in [1.54, 1.807) is 0 Å². The van der Waals surface area contributed by atoms with Gasteiger partial charge in [0, 0.05) is 13.0 Å². The van der Waals surface area contributed by atoms with Crippen molar-refractivity contribution in [3.63, 3.8) is 0 Å². The normalized spacial score (nSPS) is 10.4. The number of hydrogen-bond donors (Lipinski definition) is 2. The molecule has 0 saturated carbocycles. The van der Waals surface area contributed by atoms with Gasteiger partial charge in [-0.3, -0.25) is 4.79 Å². The molecule has 3 N–H and O–H groups in total. The van der Waals surface area contributed by atoms with Crippen LogP contribution in [-0.2, 0) is 17.8 Å². The standard InChI is InChI=1S/C20H26N2O2/c1-3-12-24-19-10-8-16(13-18(19)21)9-11-20(23)22-14-17-6-4-15(2)5-7-17/h4-8,10,13H,3,9,11-12,14,21H2,1-2H3,(H,22,23). The fourth-order valence-corrected chi connectivity index (χ4v) is 2.35. The van der Waals surface area contributed by atoms with Crippen molar-refractivity contribution < 1.29 is 9.53 Å². The number of aryl methyl sites for hydroxylation is 2. The SMILES string of the molecule is CCCOc1ccc(CCC(=O)NCc2ccc(C)cc2)cc1N. The summed E-state index contributed by atoms with van der Waals surface area (Å²) in [6, 6.07) is 13.9. The van der Waals surface area contributed by atoms with Crippen LogP contribution < -0.4 is 15.8 Å². The molecule has 128 valence electrons. The third kappa shape index (κ3) is 5.61. The summed E-state index contributed by atoms with van der Waals surface area (Å²) in [5.41, 5.74) is 9.98. The number of rotatable bonds is 8. The number of nitrogens with two attached hydrogens (primary N) is 1. The molecule has 24 heavy (non-hydrogen) atoms. The highest BCUT2D eigenvalue weighted by atomic mass is 16.5. The topological polar surface area (TPSA) is 64.3 Å². The van der Waals surface area contributed by atoms with E-state index in [1.807, 2.05) is 49.4 Å². The van der Waals surface area contributed by atoms with Crippen molar-refractivity contribution in [2.24, 2.45) is 0 Å². The van der Waals surface area contributed by atoms with E-state index in [0.29, 0.717) is 37.4 Å². The maximum absolute atomic E-state index is 12.0. The molecule has 0 aliphatic heterocycles. The van der Waals surface area contributed by atoms with Crippen LogP contribution >= 0.6 is 0 Å². The third-order valence-electron chi connectivity index (χ3n) is 3.79. The Balaban J connectivity index is 1.78. The highest BCUT2D eigenvalue weighted by Crippen LogP contribution is 2.23. The van der Waals surface area contributed by atoms with Gasteiger partial charge in [0.05, 0.1) is 12.3 Å². The van der Waals surface area contributed by atoms with E-state index < -0.39 is 0 Å². The predicted molar refractivity (Wildman–Crippen MR) is 98.0 cm³/mol. The second-order valence-corrected chi connectivity index (χ2v) is 5.98. The van der Waals surface area contributed by atoms with Crippen LogP contribution in [0.3, 0.4) is 0 Å². The van der Waals surface area contributed by atoms with E-state index in [2.05, 4.69) is 12.2 Å². The lowest BCUT2D eigenvalue weighted by Crippen LogP contribution is -2.23. The van der Waals surface area contributed by atoms with Crippen LogP contribution in [0.15, 0.2) is 42.5 Å². The molecule has 2 aromatic carbocycles. The number of amides is 1. The fraction of sp³-hybridized carbons (Fsp3) is 0.350. The lowest BCUT2D eigenvalue weighted by Gasteiger charge is -2.10. The van der Waals surface area contributed by atoms with Gasteiger partial charge in [-0.2, -0.15) is 0 Å². The summed E-state index contributed by atoms with van der Waals surface area (Å²) in [7, 11) is 0. The van der Waals surface area contributed by atoms with Crippen LogP contribution in [0.5, 0.6) is 5.75 Å². The van der Waals surface area contributed by atoms with Crippen molar-refractivity contribution in [2.45, 2.75) is 39.7 Å². The van der Waals surface area contributed by atoms with Crippen molar-refractivity contribution >= 4 is 11.6 Å². The highest BCUT2D eigenvalue weighted by molar-refractivity contribution is 5.76. The summed E-state index contributed by atoms with van der Waals surface area (Å²) in [6.45, 7) is 5.32. The van der Waals surface area contributed by atoms with Crippen LogP contribution in [-0.4, -0.2) is 12.5 Å². The first-order valence-corrected chi connectivity index (χ1v) is 8.42. The summed E-state index contributed by atoms with van der Waals surface area (Å²) < 4.78 is 5.56. The maximum atomic E-state index is 12.0. The second kappa shape index (κ2) is 8.96. The summed E-state index contributed by atoms with van der Waals surface area (Å²) in [5.74, 6) is 0.755. The van der Waals surface area contributed by atoms with E-state index in [0.717, 1.165) is 17.5 Å². The number of benzene rings is 2. The molecule has 0 aliphatic rings. The largest absolute Gasteiger partial charge is 0.491 e. The molecule has 0 bridgehead atoms. The number of nitrogen functional groups attached to an aromatic ring is 1. The maximum Gasteiger partial charge on any atom is 0.220 e. The molecule has 4 heteroatoms. The molecule has 0 spiro atoms. The van der Waals surface area contributed by atoms with Crippen molar-refractivity contribution in [3.8, 4) is 5.75 Å². The number of anilines is 1. The molecule has 0 aromatic heterocycles. The van der Waals surface area contributed by atoms with Crippen molar-refractivity contribution in [1.82, 2.24) is 5.32 Å². The second-order valence-electron chi connectivity index (χ2n) is 5.98. The molecule has 0 aliphatic carbocycles. The first kappa shape index (κ1) is 17.9. The van der Waals surface area contributed by atoms with Crippen LogP contribution in [0.4, 0.5) is 5.69 Å². The van der Waals surface area contributed by atoms with Crippen molar-refractivity contribution in [3.05, 3.63) is 59.2 Å². The third-order valence-corrected chi connectivity index (χ3v) is 3.79. The van der Waals surface area contributed by atoms with Gasteiger partial charge in [0.1, 0.15) is 5.75 Å². The molecule has 0 heterocycles. The van der Waals surface area contributed by atoms with E-state index >= 15 is 0 Å². The Bertz CT molecular complexity index is 666. The van der Waals surface area contributed by atoms with Gasteiger partial charge in [-0.05, 0) is 43.0 Å². The molecular weight excluding hydrogens is 300 g/mol. The molecule has 0 fully saturated rings. The van der Waals surface area contributed by atoms with Gasteiger partial charge >= 0.3 is 0 Å². The van der Waals surface area contributed by atoms with Crippen LogP contribution in [0.25, 0.3) is 0 Å². The van der Waals surface area contributed by atoms with E-state index in [4.69, 9.17) is 10.5 Å². The summed E-state index contributed by atoms with van der Waals surface area (Å²) in [4.78, 5) is 12.0. The van der Waals surface area contributed by atoms with Gasteiger partial charge in [0.15, 0.2) is 0 Å². The van der Waals surface area contributed by atoms with Crippen LogP contribution in [0, 0.1) is 6.92 Å². The Labute approximate surface area is 144 Å². The molecule has 1 amide bonds. The number of carbonyl (C=O) groups is 1. The fourth-order valence-electron chi connectivity index (χ4n) is 2.35. The van der Waals surface area contributed by atoms with Gasteiger partial charge in [-0.15, -0.1) is 0 Å². The molecule has 4 nitrogen and oxygen atoms in total. The summed E-state index contributed by atoms with van der Waals surface area (Å²) >= 11 is 0. The molecule has 0 unspecified atom stereocenters. The lowest BCUT2D eigenvalue weighted by molar-refractivity contribution is -0.121. The zero-order valence-corrected chi connectivity index (χ0v) is 14.5. The zero-order chi connectivity index (χ0) is 17.4. The van der Waals surface area contributed by atoms with Crippen molar-refractivity contribution in [2.75, 3.05) is 12.3 Å². The minimum absolute atomic E-state index is 0.0421. The quantitative estimate of drug-likeness (QED) is 0.728. The summed E-state index contributed by atoms with van der Waals surface area (Å²) in [6.07, 6.45) is 2.06. The highest BCUT2D eigenvalue weighted by Gasteiger charge is 2.05. The monoisotopic (exact) mass is 326 g/mol. The minimum atomic E-state index is 0.0421. The predicted octanol–water partition coefficient (Wildman–Crippen LogP) is 3.62. The number of ether oxygens (including phenoxy) is 1. The van der Waals surface area contributed by atoms with Gasteiger partial charge in [-0.1, -0.05) is 42.8 Å². The Morgan fingerprint density at radius 3 is 2.50 bits per heavy atom.